The van der Waals surface area contributed by atoms with E-state index in [1.54, 1.807) is 6.20 Å². The normalized spacial score (nSPS) is 18.1. The van der Waals surface area contributed by atoms with Crippen molar-refractivity contribution in [2.75, 3.05) is 25.5 Å². The number of ketones is 1. The van der Waals surface area contributed by atoms with Crippen LogP contribution in [0.5, 0.6) is 0 Å². The Bertz CT molecular complexity index is 1090. The zero-order valence-corrected chi connectivity index (χ0v) is 18.1. The van der Waals surface area contributed by atoms with Crippen molar-refractivity contribution >= 4 is 22.4 Å². The van der Waals surface area contributed by atoms with Gasteiger partial charge in [-0.1, -0.05) is 18.6 Å². The number of nitrogens with zero attached hydrogens (tertiary/aromatic N) is 4. The molecule has 1 saturated carbocycles. The number of likely N-dealkylation sites (tertiary alicyclic amines) is 1. The van der Waals surface area contributed by atoms with Gasteiger partial charge in [-0.2, -0.15) is 0 Å². The Hall–Kier alpha value is -2.86. The Morgan fingerprint density at radius 3 is 2.68 bits per heavy atom. The number of piperidine rings is 1. The molecule has 2 aliphatic rings. The monoisotopic (exact) mass is 415 g/mol. The van der Waals surface area contributed by atoms with Gasteiger partial charge >= 0.3 is 0 Å². The van der Waals surface area contributed by atoms with Crippen molar-refractivity contribution in [1.29, 1.82) is 0 Å². The highest BCUT2D eigenvalue weighted by atomic mass is 16.1. The Balaban J connectivity index is 1.35. The minimum absolute atomic E-state index is 0.249. The molecule has 5 rings (SSSR count). The molecule has 2 fully saturated rings. The Labute approximate surface area is 183 Å². The van der Waals surface area contributed by atoms with Crippen LogP contribution in [0.4, 0.5) is 5.82 Å². The summed E-state index contributed by atoms with van der Waals surface area (Å²) in [7, 11) is 2.17. The van der Waals surface area contributed by atoms with Gasteiger partial charge in [0, 0.05) is 41.2 Å². The first-order valence-electron chi connectivity index (χ1n) is 11.3. The fraction of sp³-hybridized carbons (Fsp3) is 0.440. The Kier molecular flexibility index (Phi) is 5.64. The van der Waals surface area contributed by atoms with Crippen molar-refractivity contribution in [3.8, 4) is 11.3 Å². The van der Waals surface area contributed by atoms with Crippen LogP contribution in [-0.2, 0) is 11.2 Å². The predicted octanol–water partition coefficient (Wildman–Crippen LogP) is 4.11. The first-order valence-corrected chi connectivity index (χ1v) is 11.3. The zero-order chi connectivity index (χ0) is 21.2. The summed E-state index contributed by atoms with van der Waals surface area (Å²) in [6.45, 7) is 2.21. The molecule has 1 aliphatic heterocycles. The molecule has 1 N–H and O–H groups in total. The van der Waals surface area contributed by atoms with E-state index in [4.69, 9.17) is 4.98 Å². The highest BCUT2D eigenvalue weighted by Gasteiger charge is 2.25. The van der Waals surface area contributed by atoms with Crippen molar-refractivity contribution in [2.45, 2.75) is 44.6 Å². The first-order chi connectivity index (χ1) is 15.1. The van der Waals surface area contributed by atoms with Crippen LogP contribution in [0.1, 0.15) is 37.8 Å². The molecule has 3 heterocycles. The van der Waals surface area contributed by atoms with Gasteiger partial charge in [0.05, 0.1) is 18.1 Å². The summed E-state index contributed by atoms with van der Waals surface area (Å²) in [5.41, 5.74) is 2.73. The van der Waals surface area contributed by atoms with E-state index < -0.39 is 0 Å². The van der Waals surface area contributed by atoms with Gasteiger partial charge in [0.2, 0.25) is 0 Å². The number of hydrogen-bond donors (Lipinski definition) is 1. The van der Waals surface area contributed by atoms with Gasteiger partial charge in [0.25, 0.3) is 0 Å². The molecule has 1 aliphatic carbocycles. The SMILES string of the molecule is CN1CCC(Nc2cncc(-c3ccc4cnc(CC(=O)C5CCC5)cc4c3)n2)CC1. The van der Waals surface area contributed by atoms with Crippen molar-refractivity contribution in [2.24, 2.45) is 5.92 Å². The number of anilines is 1. The van der Waals surface area contributed by atoms with Crippen molar-refractivity contribution in [1.82, 2.24) is 19.9 Å². The maximum Gasteiger partial charge on any atom is 0.145 e. The second-order valence-electron chi connectivity index (χ2n) is 9.02. The fourth-order valence-electron chi connectivity index (χ4n) is 4.43. The van der Waals surface area contributed by atoms with E-state index in [9.17, 15) is 4.79 Å². The van der Waals surface area contributed by atoms with Crippen LogP contribution in [-0.4, -0.2) is 51.8 Å². The van der Waals surface area contributed by atoms with E-state index in [2.05, 4.69) is 45.4 Å². The van der Waals surface area contributed by atoms with E-state index in [1.165, 1.54) is 6.42 Å². The number of Topliss-reactive ketones (excluding diaryl/α,β-unsaturated/α-hetero) is 1. The van der Waals surface area contributed by atoms with Crippen molar-refractivity contribution in [3.05, 3.63) is 48.5 Å². The molecule has 2 aromatic heterocycles. The largest absolute Gasteiger partial charge is 0.366 e. The third-order valence-electron chi connectivity index (χ3n) is 6.70. The van der Waals surface area contributed by atoms with Crippen LogP contribution in [0.2, 0.25) is 0 Å². The molecule has 0 spiro atoms. The van der Waals surface area contributed by atoms with Gasteiger partial charge in [-0.15, -0.1) is 0 Å². The molecule has 1 saturated heterocycles. The Morgan fingerprint density at radius 1 is 1.06 bits per heavy atom. The third-order valence-corrected chi connectivity index (χ3v) is 6.70. The van der Waals surface area contributed by atoms with Crippen LogP contribution >= 0.6 is 0 Å². The molecular formula is C25H29N5O. The Morgan fingerprint density at radius 2 is 1.90 bits per heavy atom. The third kappa shape index (κ3) is 4.59. The van der Waals surface area contributed by atoms with Crippen molar-refractivity contribution < 1.29 is 4.79 Å². The molecule has 1 aromatic carbocycles. The fourth-order valence-corrected chi connectivity index (χ4v) is 4.43. The summed E-state index contributed by atoms with van der Waals surface area (Å²) in [6.07, 6.45) is 11.4. The average Bonchev–Trinajstić information content (AvgIpc) is 2.74. The van der Waals surface area contributed by atoms with Gasteiger partial charge in [-0.3, -0.25) is 14.8 Å². The molecule has 0 radical (unpaired) electrons. The first kappa shape index (κ1) is 20.1. The zero-order valence-electron chi connectivity index (χ0n) is 18.1. The highest BCUT2D eigenvalue weighted by molar-refractivity contribution is 5.88. The highest BCUT2D eigenvalue weighted by Crippen LogP contribution is 2.29. The average molecular weight is 416 g/mol. The topological polar surface area (TPSA) is 71.0 Å². The van der Waals surface area contributed by atoms with E-state index in [0.29, 0.717) is 18.2 Å². The number of pyridine rings is 1. The smallest absolute Gasteiger partial charge is 0.145 e. The van der Waals surface area contributed by atoms with Gasteiger partial charge in [0.15, 0.2) is 0 Å². The van der Waals surface area contributed by atoms with Gasteiger partial charge in [0.1, 0.15) is 11.6 Å². The number of nitrogens with one attached hydrogen (secondary N) is 1. The second kappa shape index (κ2) is 8.71. The van der Waals surface area contributed by atoms with E-state index in [1.807, 2.05) is 18.5 Å². The molecule has 3 aromatic rings. The number of carbonyl (C=O) groups excluding carboxylic acids is 1. The minimum atomic E-state index is 0.249. The lowest BCUT2D eigenvalue weighted by Gasteiger charge is -2.29. The minimum Gasteiger partial charge on any atom is -0.366 e. The lowest BCUT2D eigenvalue weighted by Crippen LogP contribution is -2.36. The molecule has 0 atom stereocenters. The summed E-state index contributed by atoms with van der Waals surface area (Å²) >= 11 is 0. The number of carbonyl (C=O) groups is 1. The quantitative estimate of drug-likeness (QED) is 0.653. The van der Waals surface area contributed by atoms with Crippen LogP contribution in [0.3, 0.4) is 0 Å². The number of aromatic nitrogens is 3. The summed E-state index contributed by atoms with van der Waals surface area (Å²) < 4.78 is 0. The number of rotatable bonds is 6. The van der Waals surface area contributed by atoms with E-state index in [0.717, 1.165) is 72.3 Å². The summed E-state index contributed by atoms with van der Waals surface area (Å²) in [4.78, 5) is 28.5. The van der Waals surface area contributed by atoms with Crippen LogP contribution in [0.15, 0.2) is 42.9 Å². The van der Waals surface area contributed by atoms with Gasteiger partial charge < -0.3 is 10.2 Å². The van der Waals surface area contributed by atoms with Crippen LogP contribution in [0, 0.1) is 5.92 Å². The second-order valence-corrected chi connectivity index (χ2v) is 9.02. The maximum atomic E-state index is 12.4. The maximum absolute atomic E-state index is 12.4. The molecule has 0 bridgehead atoms. The molecule has 0 amide bonds. The molecule has 6 nitrogen and oxygen atoms in total. The number of hydrogen-bond acceptors (Lipinski definition) is 6. The molecular weight excluding hydrogens is 386 g/mol. The predicted molar refractivity (Wildman–Crippen MR) is 123 cm³/mol. The molecule has 160 valence electrons. The molecule has 0 unspecified atom stereocenters. The molecule has 31 heavy (non-hydrogen) atoms. The van der Waals surface area contributed by atoms with E-state index >= 15 is 0 Å². The number of fused-ring (bicyclic) bond motifs is 1. The van der Waals surface area contributed by atoms with Crippen LogP contribution in [0.25, 0.3) is 22.0 Å². The molecule has 6 heteroatoms. The van der Waals surface area contributed by atoms with Gasteiger partial charge in [-0.25, -0.2) is 4.98 Å². The summed E-state index contributed by atoms with van der Waals surface area (Å²) in [5.74, 6) is 1.40. The van der Waals surface area contributed by atoms with Gasteiger partial charge in [-0.05, 0) is 63.3 Å². The standard InChI is InChI=1S/C25H29N5O/c1-30-9-7-21(8-10-30)28-25-16-26-15-23(29-25)18-5-6-19-14-27-22(12-20(19)11-18)13-24(31)17-3-2-4-17/h5-6,11-12,14-17,21H,2-4,7-10,13H2,1H3,(H,28,29). The van der Waals surface area contributed by atoms with Crippen molar-refractivity contribution in [3.63, 3.8) is 0 Å². The summed E-state index contributed by atoms with van der Waals surface area (Å²) in [6, 6.07) is 8.74. The summed E-state index contributed by atoms with van der Waals surface area (Å²) in [5, 5.41) is 5.70. The lowest BCUT2D eigenvalue weighted by atomic mass is 9.81. The van der Waals surface area contributed by atoms with E-state index in [-0.39, 0.29) is 5.92 Å². The number of benzene rings is 1. The van der Waals surface area contributed by atoms with Crippen LogP contribution < -0.4 is 5.32 Å². The lowest BCUT2D eigenvalue weighted by molar-refractivity contribution is -0.124.